The van der Waals surface area contributed by atoms with Gasteiger partial charge in [0, 0.05) is 18.1 Å². The van der Waals surface area contributed by atoms with Crippen LogP contribution in [0.5, 0.6) is 5.75 Å². The monoisotopic (exact) mass is 419 g/mol. The number of nitrogens with one attached hydrogen (secondary N) is 1. The normalized spacial score (nSPS) is 11.7. The lowest BCUT2D eigenvalue weighted by Crippen LogP contribution is -2.14. The van der Waals surface area contributed by atoms with Crippen LogP contribution >= 0.6 is 0 Å². The highest BCUT2D eigenvalue weighted by Crippen LogP contribution is 2.28. The van der Waals surface area contributed by atoms with Gasteiger partial charge < -0.3 is 15.0 Å². The number of hydrogen-bond acceptors (Lipinski definition) is 7. The molecule has 1 N–H and O–H groups in total. The van der Waals surface area contributed by atoms with Crippen LogP contribution in [0.4, 0.5) is 11.5 Å². The van der Waals surface area contributed by atoms with Crippen LogP contribution in [0.2, 0.25) is 0 Å². The molecule has 0 saturated carbocycles. The van der Waals surface area contributed by atoms with E-state index in [4.69, 9.17) is 9.72 Å². The van der Waals surface area contributed by atoms with Gasteiger partial charge in [0.1, 0.15) is 11.2 Å². The first-order valence-corrected chi connectivity index (χ1v) is 10.2. The number of aromatic nitrogens is 4. The molecule has 3 aromatic rings. The molecular weight excluding hydrogens is 390 g/mol. The second kappa shape index (κ2) is 10.5. The number of rotatable bonds is 11. The molecule has 162 valence electrons. The summed E-state index contributed by atoms with van der Waals surface area (Å²) in [6, 6.07) is 5.72. The average Bonchev–Trinajstić information content (AvgIpc) is 3.21. The smallest absolute Gasteiger partial charge is 0.200 e. The topological polar surface area (TPSA) is 79.9 Å². The van der Waals surface area contributed by atoms with E-state index in [1.165, 1.54) is 0 Å². The zero-order valence-corrected chi connectivity index (χ0v) is 18.4. The van der Waals surface area contributed by atoms with E-state index in [1.54, 1.807) is 23.0 Å². The fourth-order valence-corrected chi connectivity index (χ4v) is 2.97. The maximum absolute atomic E-state index is 5.99. The summed E-state index contributed by atoms with van der Waals surface area (Å²) < 4.78 is 7.75. The summed E-state index contributed by atoms with van der Waals surface area (Å²) >= 11 is 0. The van der Waals surface area contributed by atoms with Gasteiger partial charge in [0.15, 0.2) is 11.6 Å². The second-order valence-electron chi connectivity index (χ2n) is 7.41. The van der Waals surface area contributed by atoms with Crippen molar-refractivity contribution in [2.75, 3.05) is 32.6 Å². The summed E-state index contributed by atoms with van der Waals surface area (Å²) in [5, 5.41) is 7.92. The maximum Gasteiger partial charge on any atom is 0.200 e. The Bertz CT molecular complexity index is 1080. The summed E-state index contributed by atoms with van der Waals surface area (Å²) in [5.41, 5.74) is 2.82. The molecule has 0 amide bonds. The molecule has 0 radical (unpaired) electrons. The number of allylic oxidation sites excluding steroid dienone is 2. The number of nitrogens with zero attached hydrogens (tertiary/aromatic N) is 6. The molecule has 8 heteroatoms. The Labute approximate surface area is 183 Å². The van der Waals surface area contributed by atoms with E-state index in [2.05, 4.69) is 52.5 Å². The Hall–Kier alpha value is -3.52. The fraction of sp³-hybridized carbons (Fsp3) is 0.304. The zero-order chi connectivity index (χ0) is 22.2. The van der Waals surface area contributed by atoms with Gasteiger partial charge in [0.05, 0.1) is 18.5 Å². The highest BCUT2D eigenvalue weighted by atomic mass is 16.5. The molecule has 0 fully saturated rings. The number of pyridine rings is 1. The summed E-state index contributed by atoms with van der Waals surface area (Å²) in [5.74, 6) is 1.76. The van der Waals surface area contributed by atoms with Crippen molar-refractivity contribution in [3.63, 3.8) is 0 Å². The van der Waals surface area contributed by atoms with Crippen molar-refractivity contribution in [1.29, 1.82) is 0 Å². The van der Waals surface area contributed by atoms with E-state index in [0.717, 1.165) is 30.6 Å². The first-order chi connectivity index (χ1) is 15.0. The molecule has 0 saturated heterocycles. The van der Waals surface area contributed by atoms with Gasteiger partial charge in [-0.15, -0.1) is 5.10 Å². The Morgan fingerprint density at radius 3 is 2.90 bits per heavy atom. The lowest BCUT2D eigenvalue weighted by Gasteiger charge is -2.14. The summed E-state index contributed by atoms with van der Waals surface area (Å²) in [6.45, 7) is 11.1. The van der Waals surface area contributed by atoms with Gasteiger partial charge in [-0.25, -0.2) is 9.50 Å². The van der Waals surface area contributed by atoms with E-state index in [0.29, 0.717) is 35.4 Å². The van der Waals surface area contributed by atoms with Crippen LogP contribution in [0.15, 0.2) is 66.7 Å². The molecule has 0 aromatic carbocycles. The molecular formula is C23H29N7O. The molecule has 0 atom stereocenters. The number of hydrogen-bond donors (Lipinski definition) is 1. The van der Waals surface area contributed by atoms with E-state index in [1.807, 2.05) is 31.3 Å². The molecule has 0 unspecified atom stereocenters. The number of ether oxygens (including phenoxy) is 1. The molecule has 0 bridgehead atoms. The third-order valence-corrected chi connectivity index (χ3v) is 4.42. The van der Waals surface area contributed by atoms with E-state index in [-0.39, 0.29) is 0 Å². The summed E-state index contributed by atoms with van der Waals surface area (Å²) in [6.07, 6.45) is 8.95. The molecule has 3 heterocycles. The van der Waals surface area contributed by atoms with Crippen molar-refractivity contribution in [3.05, 3.63) is 67.5 Å². The third-order valence-electron chi connectivity index (χ3n) is 4.42. The van der Waals surface area contributed by atoms with Crippen LogP contribution in [0, 0.1) is 0 Å². The molecule has 3 rings (SSSR count). The van der Waals surface area contributed by atoms with E-state index < -0.39 is 0 Å². The molecule has 0 aliphatic heterocycles. The minimum Gasteiger partial charge on any atom is -0.490 e. The van der Waals surface area contributed by atoms with E-state index in [9.17, 15) is 0 Å². The van der Waals surface area contributed by atoms with Gasteiger partial charge in [0.25, 0.3) is 0 Å². The Morgan fingerprint density at radius 1 is 1.32 bits per heavy atom. The van der Waals surface area contributed by atoms with Crippen LogP contribution in [0.1, 0.15) is 25.6 Å². The quantitative estimate of drug-likeness (QED) is 0.372. The van der Waals surface area contributed by atoms with Crippen LogP contribution in [0.3, 0.4) is 0 Å². The molecule has 0 aliphatic rings. The highest BCUT2D eigenvalue weighted by Gasteiger charge is 2.13. The number of fused-ring (bicyclic) bond motifs is 1. The first kappa shape index (κ1) is 22.2. The largest absolute Gasteiger partial charge is 0.490 e. The minimum absolute atomic E-state index is 0.449. The number of anilines is 2. The zero-order valence-electron chi connectivity index (χ0n) is 18.4. The first-order valence-electron chi connectivity index (χ1n) is 10.2. The Morgan fingerprint density at radius 2 is 2.16 bits per heavy atom. The predicted molar refractivity (Wildman–Crippen MR) is 125 cm³/mol. The standard InChI is InChI=1S/C23H29N7O/c1-6-18(25-17(2)3)22-27-23(20-10-9-14-30(20)28-22)26-19-11-12-24-16-21(19)31-15-8-7-13-29(4)5/h6,9-12,14,16H,1-2,7-8,13,15H2,3-5H3,(H,24,26,27,28). The number of aliphatic imine (C=N–C) groups is 1. The lowest BCUT2D eigenvalue weighted by molar-refractivity contribution is 0.293. The molecule has 0 spiro atoms. The second-order valence-corrected chi connectivity index (χ2v) is 7.41. The van der Waals surface area contributed by atoms with E-state index >= 15 is 0 Å². The van der Waals surface area contributed by atoms with Crippen molar-refractivity contribution in [3.8, 4) is 5.75 Å². The minimum atomic E-state index is 0.449. The molecule has 8 nitrogen and oxygen atoms in total. The summed E-state index contributed by atoms with van der Waals surface area (Å²) in [7, 11) is 4.14. The van der Waals surface area contributed by atoms with Gasteiger partial charge in [-0.1, -0.05) is 13.2 Å². The predicted octanol–water partition coefficient (Wildman–Crippen LogP) is 4.10. The number of unbranched alkanes of at least 4 members (excludes halogenated alkanes) is 1. The lowest BCUT2D eigenvalue weighted by atomic mass is 10.3. The Kier molecular flexibility index (Phi) is 7.50. The summed E-state index contributed by atoms with van der Waals surface area (Å²) in [4.78, 5) is 15.5. The molecule has 3 aromatic heterocycles. The molecule has 0 aliphatic carbocycles. The Balaban J connectivity index is 1.86. The third kappa shape index (κ3) is 5.99. The van der Waals surface area contributed by atoms with Crippen LogP contribution in [-0.2, 0) is 0 Å². The van der Waals surface area contributed by atoms with Crippen molar-refractivity contribution in [2.24, 2.45) is 4.99 Å². The van der Waals surface area contributed by atoms with Crippen molar-refractivity contribution in [1.82, 2.24) is 24.5 Å². The SMILES string of the molecule is C=CC(=NC(=C)C)c1nc(Nc2ccncc2OCCCCN(C)C)c2cccn2n1. The fourth-order valence-electron chi connectivity index (χ4n) is 2.97. The van der Waals surface area contributed by atoms with Crippen molar-refractivity contribution in [2.45, 2.75) is 19.8 Å². The van der Waals surface area contributed by atoms with Crippen LogP contribution < -0.4 is 10.1 Å². The van der Waals surface area contributed by atoms with Gasteiger partial charge >= 0.3 is 0 Å². The van der Waals surface area contributed by atoms with Gasteiger partial charge in [-0.3, -0.25) is 9.98 Å². The maximum atomic E-state index is 5.99. The van der Waals surface area contributed by atoms with Crippen LogP contribution in [-0.4, -0.2) is 57.4 Å². The molecule has 31 heavy (non-hydrogen) atoms. The van der Waals surface area contributed by atoms with Gasteiger partial charge in [-0.2, -0.15) is 0 Å². The van der Waals surface area contributed by atoms with Gasteiger partial charge in [0.2, 0.25) is 5.82 Å². The average molecular weight is 420 g/mol. The highest BCUT2D eigenvalue weighted by molar-refractivity contribution is 6.06. The van der Waals surface area contributed by atoms with Crippen molar-refractivity contribution >= 4 is 22.7 Å². The van der Waals surface area contributed by atoms with Gasteiger partial charge in [-0.05, 0) is 64.7 Å². The van der Waals surface area contributed by atoms with Crippen LogP contribution in [0.25, 0.3) is 5.52 Å². The van der Waals surface area contributed by atoms with Crippen molar-refractivity contribution < 1.29 is 4.74 Å².